The molecule has 0 saturated carbocycles. The number of hydrogen-bond acceptors (Lipinski definition) is 7. The third-order valence-electron chi connectivity index (χ3n) is 6.60. The maximum absolute atomic E-state index is 12.7. The molecule has 2 amide bonds. The molecule has 0 unspecified atom stereocenters. The molecular formula is C28H26N4O3S2. The molecule has 2 N–H and O–H groups in total. The molecule has 0 saturated heterocycles. The summed E-state index contributed by atoms with van der Waals surface area (Å²) in [5.41, 5.74) is 3.33. The van der Waals surface area contributed by atoms with Gasteiger partial charge in [0.1, 0.15) is 11.5 Å². The highest BCUT2D eigenvalue weighted by atomic mass is 32.1. The van der Waals surface area contributed by atoms with Crippen molar-refractivity contribution < 1.29 is 14.3 Å². The maximum atomic E-state index is 12.7. The van der Waals surface area contributed by atoms with Crippen molar-refractivity contribution in [2.24, 2.45) is 0 Å². The van der Waals surface area contributed by atoms with Gasteiger partial charge >= 0.3 is 0 Å². The van der Waals surface area contributed by atoms with Gasteiger partial charge in [-0.05, 0) is 99.9 Å². The van der Waals surface area contributed by atoms with Crippen LogP contribution in [-0.2, 0) is 25.7 Å². The summed E-state index contributed by atoms with van der Waals surface area (Å²) in [7, 11) is 0. The number of nitrogens with one attached hydrogen (secondary N) is 2. The van der Waals surface area contributed by atoms with Gasteiger partial charge < -0.3 is 4.74 Å². The van der Waals surface area contributed by atoms with Crippen LogP contribution in [0.2, 0.25) is 0 Å². The van der Waals surface area contributed by atoms with Crippen LogP contribution in [0.25, 0.3) is 0 Å². The highest BCUT2D eigenvalue weighted by Crippen LogP contribution is 2.31. The Morgan fingerprint density at radius 2 is 1.03 bits per heavy atom. The van der Waals surface area contributed by atoms with Gasteiger partial charge in [-0.1, -0.05) is 0 Å². The lowest BCUT2D eigenvalue weighted by Crippen LogP contribution is -2.11. The number of aryl methyl sites for hydroxylation is 4. The van der Waals surface area contributed by atoms with Crippen molar-refractivity contribution in [3.05, 3.63) is 80.8 Å². The van der Waals surface area contributed by atoms with Gasteiger partial charge in [0.25, 0.3) is 11.8 Å². The molecule has 2 heterocycles. The van der Waals surface area contributed by atoms with Crippen LogP contribution in [0, 0.1) is 0 Å². The lowest BCUT2D eigenvalue weighted by atomic mass is 10.0. The second kappa shape index (κ2) is 10.4. The number of carbonyl (C=O) groups is 2. The average Bonchev–Trinajstić information content (AvgIpc) is 3.52. The Morgan fingerprint density at radius 1 is 0.622 bits per heavy atom. The molecule has 188 valence electrons. The largest absolute Gasteiger partial charge is 0.457 e. The molecule has 9 heteroatoms. The van der Waals surface area contributed by atoms with E-state index in [9.17, 15) is 9.59 Å². The first-order valence-corrected chi connectivity index (χ1v) is 14.2. The standard InChI is InChI=1S/C28H26N4O3S2/c33-25(31-27-29-21-5-1-3-7-23(21)36-27)17-9-13-19(14-10-17)35-20-15-11-18(12-16-20)26(34)32-28-30-22-6-2-4-8-24(22)37-28/h9-16H,1-8H2,(H,29,31,33)(H,30,32,34). The van der Waals surface area contributed by atoms with E-state index in [1.807, 2.05) is 0 Å². The fourth-order valence-electron chi connectivity index (χ4n) is 4.63. The minimum absolute atomic E-state index is 0.186. The van der Waals surface area contributed by atoms with Gasteiger partial charge in [0.2, 0.25) is 0 Å². The predicted octanol–water partition coefficient (Wildman–Crippen LogP) is 6.65. The van der Waals surface area contributed by atoms with Crippen molar-refractivity contribution in [1.29, 1.82) is 0 Å². The number of ether oxygens (including phenoxy) is 1. The normalized spacial score (nSPS) is 14.4. The summed E-state index contributed by atoms with van der Waals surface area (Å²) in [5, 5.41) is 7.16. The third kappa shape index (κ3) is 5.42. The first-order valence-electron chi connectivity index (χ1n) is 12.6. The van der Waals surface area contributed by atoms with E-state index in [1.165, 1.54) is 22.6 Å². The van der Waals surface area contributed by atoms with Gasteiger partial charge in [0.05, 0.1) is 11.4 Å². The van der Waals surface area contributed by atoms with Crippen LogP contribution in [0.4, 0.5) is 10.3 Å². The molecule has 37 heavy (non-hydrogen) atoms. The van der Waals surface area contributed by atoms with E-state index in [2.05, 4.69) is 20.6 Å². The molecule has 0 radical (unpaired) electrons. The number of aromatic nitrogens is 2. The maximum Gasteiger partial charge on any atom is 0.257 e. The van der Waals surface area contributed by atoms with Crippen molar-refractivity contribution in [3.63, 3.8) is 0 Å². The minimum atomic E-state index is -0.186. The predicted molar refractivity (Wildman–Crippen MR) is 146 cm³/mol. The van der Waals surface area contributed by atoms with Crippen molar-refractivity contribution in [1.82, 2.24) is 9.97 Å². The summed E-state index contributed by atoms with van der Waals surface area (Å²) in [4.78, 5) is 37.1. The lowest BCUT2D eigenvalue weighted by Gasteiger charge is -2.08. The van der Waals surface area contributed by atoms with Crippen LogP contribution in [0.1, 0.15) is 67.5 Å². The molecule has 6 rings (SSSR count). The number of benzene rings is 2. The van der Waals surface area contributed by atoms with E-state index < -0.39 is 0 Å². The van der Waals surface area contributed by atoms with E-state index in [0.29, 0.717) is 32.9 Å². The number of carbonyl (C=O) groups excluding carboxylic acids is 2. The second-order valence-corrected chi connectivity index (χ2v) is 11.4. The quantitative estimate of drug-likeness (QED) is 0.291. The zero-order valence-corrected chi connectivity index (χ0v) is 21.8. The number of thiazole rings is 2. The van der Waals surface area contributed by atoms with Gasteiger partial charge in [-0.25, -0.2) is 9.97 Å². The highest BCUT2D eigenvalue weighted by molar-refractivity contribution is 7.16. The summed E-state index contributed by atoms with van der Waals surface area (Å²) in [6.07, 6.45) is 8.79. The summed E-state index contributed by atoms with van der Waals surface area (Å²) >= 11 is 3.15. The zero-order chi connectivity index (χ0) is 25.2. The van der Waals surface area contributed by atoms with Crippen LogP contribution in [0.3, 0.4) is 0 Å². The minimum Gasteiger partial charge on any atom is -0.457 e. The van der Waals surface area contributed by atoms with Gasteiger partial charge in [-0.2, -0.15) is 0 Å². The molecule has 0 bridgehead atoms. The van der Waals surface area contributed by atoms with Gasteiger partial charge in [-0.15, -0.1) is 22.7 Å². The van der Waals surface area contributed by atoms with E-state index in [1.54, 1.807) is 71.2 Å². The fourth-order valence-corrected chi connectivity index (χ4v) is 6.72. The topological polar surface area (TPSA) is 93.2 Å². The fraction of sp³-hybridized carbons (Fsp3) is 0.286. The smallest absolute Gasteiger partial charge is 0.257 e. The summed E-state index contributed by atoms with van der Waals surface area (Å²) in [6.45, 7) is 0. The Kier molecular flexibility index (Phi) is 6.72. The van der Waals surface area contributed by atoms with Crippen molar-refractivity contribution in [2.75, 3.05) is 10.6 Å². The SMILES string of the molecule is O=C(Nc1nc2c(s1)CCCC2)c1ccc(Oc2ccc(C(=O)Nc3nc4c(s3)CCCC4)cc2)cc1. The zero-order valence-electron chi connectivity index (χ0n) is 20.2. The number of fused-ring (bicyclic) bond motifs is 2. The van der Waals surface area contributed by atoms with E-state index >= 15 is 0 Å². The number of rotatable bonds is 6. The van der Waals surface area contributed by atoms with E-state index in [-0.39, 0.29) is 11.8 Å². The Hall–Kier alpha value is -3.56. The van der Waals surface area contributed by atoms with Crippen LogP contribution in [0.15, 0.2) is 48.5 Å². The Morgan fingerprint density at radius 3 is 1.43 bits per heavy atom. The number of nitrogens with zero attached hydrogens (tertiary/aromatic N) is 2. The first-order chi connectivity index (χ1) is 18.1. The van der Waals surface area contributed by atoms with Crippen LogP contribution < -0.4 is 15.4 Å². The lowest BCUT2D eigenvalue weighted by molar-refractivity contribution is 0.101. The molecule has 0 atom stereocenters. The first kappa shape index (κ1) is 23.8. The molecule has 0 fully saturated rings. The van der Waals surface area contributed by atoms with Crippen LogP contribution in [-0.4, -0.2) is 21.8 Å². The molecular weight excluding hydrogens is 504 g/mol. The van der Waals surface area contributed by atoms with Crippen molar-refractivity contribution in [2.45, 2.75) is 51.4 Å². The monoisotopic (exact) mass is 530 g/mol. The van der Waals surface area contributed by atoms with Gasteiger partial charge in [0.15, 0.2) is 10.3 Å². The van der Waals surface area contributed by atoms with Gasteiger partial charge in [-0.3, -0.25) is 20.2 Å². The number of hydrogen-bond donors (Lipinski definition) is 2. The molecule has 2 aromatic heterocycles. The molecule has 7 nitrogen and oxygen atoms in total. The summed E-state index contributed by atoms with van der Waals surface area (Å²) in [6, 6.07) is 13.9. The highest BCUT2D eigenvalue weighted by Gasteiger charge is 2.18. The van der Waals surface area contributed by atoms with Crippen molar-refractivity contribution in [3.8, 4) is 11.5 Å². The Bertz CT molecular complexity index is 1280. The third-order valence-corrected chi connectivity index (χ3v) is 8.75. The Balaban J connectivity index is 1.04. The molecule has 0 aliphatic heterocycles. The molecule has 2 aliphatic carbocycles. The summed E-state index contributed by atoms with van der Waals surface area (Å²) in [5.74, 6) is 0.835. The molecule has 0 spiro atoms. The van der Waals surface area contributed by atoms with E-state index in [4.69, 9.17) is 4.74 Å². The van der Waals surface area contributed by atoms with Gasteiger partial charge in [0, 0.05) is 20.9 Å². The van der Waals surface area contributed by atoms with Crippen molar-refractivity contribution >= 4 is 44.8 Å². The number of amides is 2. The molecule has 4 aromatic rings. The number of anilines is 2. The van der Waals surface area contributed by atoms with Crippen LogP contribution in [0.5, 0.6) is 11.5 Å². The van der Waals surface area contributed by atoms with E-state index in [0.717, 1.165) is 49.9 Å². The molecule has 2 aliphatic rings. The average molecular weight is 531 g/mol. The Labute approximate surface area is 222 Å². The molecule has 2 aromatic carbocycles. The summed E-state index contributed by atoms with van der Waals surface area (Å²) < 4.78 is 5.91. The second-order valence-electron chi connectivity index (χ2n) is 9.25. The van der Waals surface area contributed by atoms with Crippen LogP contribution >= 0.6 is 22.7 Å².